The van der Waals surface area contributed by atoms with Crippen molar-refractivity contribution in [2.24, 2.45) is 5.92 Å². The average molecular weight is 186 g/mol. The summed E-state index contributed by atoms with van der Waals surface area (Å²) in [6.45, 7) is 1.13. The first kappa shape index (κ1) is 8.42. The fraction of sp³-hybridized carbons (Fsp3) is 0.889. The van der Waals surface area contributed by atoms with Crippen molar-refractivity contribution < 1.29 is 9.73 Å². The van der Waals surface area contributed by atoms with Gasteiger partial charge >= 0.3 is 5.23 Å². The van der Waals surface area contributed by atoms with Gasteiger partial charge in [-0.05, 0) is 37.3 Å². The van der Waals surface area contributed by atoms with E-state index >= 15 is 0 Å². The van der Waals surface area contributed by atoms with Gasteiger partial charge in [-0.2, -0.15) is 0 Å². The van der Waals surface area contributed by atoms with Gasteiger partial charge in [0, 0.05) is 0 Å². The molecule has 0 aromatic rings. The first-order valence-corrected chi connectivity index (χ1v) is 5.94. The lowest BCUT2D eigenvalue weighted by Gasteiger charge is -2.30. The van der Waals surface area contributed by atoms with Gasteiger partial charge in [-0.25, -0.2) is 4.99 Å². The Balaban J connectivity index is 2.00. The van der Waals surface area contributed by atoms with Crippen LogP contribution in [0.3, 0.4) is 0 Å². The Morgan fingerprint density at radius 2 is 2.25 bits per heavy atom. The molecule has 2 nitrogen and oxygen atoms in total. The minimum Gasteiger partial charge on any atom is -0.436 e. The molecule has 2 atom stereocenters. The standard InChI is InChI=1S/C9H15NOS/c1-12-9-10-6-7-4-2-3-5-8(7)11-9/h7-8H,2-6H2,1H3/p+1/t7-,8-/m0/s1. The van der Waals surface area contributed by atoms with Crippen molar-refractivity contribution in [1.82, 2.24) is 0 Å². The Labute approximate surface area is 77.8 Å². The third-order valence-corrected chi connectivity index (χ3v) is 3.40. The van der Waals surface area contributed by atoms with E-state index in [4.69, 9.17) is 4.74 Å². The van der Waals surface area contributed by atoms with Crippen LogP contribution in [-0.4, -0.2) is 24.1 Å². The second-order valence-corrected chi connectivity index (χ2v) is 4.35. The third-order valence-electron chi connectivity index (χ3n) is 2.79. The molecule has 0 spiro atoms. The van der Waals surface area contributed by atoms with Crippen LogP contribution in [0, 0.1) is 5.92 Å². The molecule has 0 bridgehead atoms. The molecule has 1 fully saturated rings. The number of hydrogen-bond acceptors (Lipinski definition) is 2. The maximum absolute atomic E-state index is 5.81. The van der Waals surface area contributed by atoms with Crippen LogP contribution in [0.15, 0.2) is 0 Å². The predicted molar refractivity (Wildman–Crippen MR) is 51.2 cm³/mol. The third kappa shape index (κ3) is 1.60. The van der Waals surface area contributed by atoms with Crippen LogP contribution in [0.4, 0.5) is 0 Å². The van der Waals surface area contributed by atoms with E-state index in [1.165, 1.54) is 25.7 Å². The molecule has 0 saturated heterocycles. The molecule has 12 heavy (non-hydrogen) atoms. The number of rotatable bonds is 0. The summed E-state index contributed by atoms with van der Waals surface area (Å²) in [5.41, 5.74) is 0. The van der Waals surface area contributed by atoms with Crippen LogP contribution in [0.1, 0.15) is 25.7 Å². The predicted octanol–water partition coefficient (Wildman–Crippen LogP) is 0.375. The van der Waals surface area contributed by atoms with Crippen LogP contribution in [-0.2, 0) is 4.74 Å². The lowest BCUT2D eigenvalue weighted by molar-refractivity contribution is -0.490. The molecule has 0 aromatic heterocycles. The molecule has 68 valence electrons. The number of thioether (sulfide) groups is 1. The zero-order valence-corrected chi connectivity index (χ0v) is 8.32. The molecule has 0 amide bonds. The normalized spacial score (nSPS) is 34.9. The van der Waals surface area contributed by atoms with Crippen molar-refractivity contribution in [3.8, 4) is 0 Å². The van der Waals surface area contributed by atoms with Gasteiger partial charge in [0.05, 0.1) is 5.92 Å². The van der Waals surface area contributed by atoms with Crippen molar-refractivity contribution in [2.75, 3.05) is 12.8 Å². The van der Waals surface area contributed by atoms with E-state index in [0.717, 1.165) is 17.7 Å². The number of fused-ring (bicyclic) bond motifs is 1. The van der Waals surface area contributed by atoms with Crippen LogP contribution < -0.4 is 4.99 Å². The van der Waals surface area contributed by atoms with Gasteiger partial charge in [0.1, 0.15) is 6.10 Å². The van der Waals surface area contributed by atoms with Gasteiger partial charge in [-0.3, -0.25) is 0 Å². The molecule has 1 heterocycles. The van der Waals surface area contributed by atoms with Gasteiger partial charge in [-0.1, -0.05) is 6.42 Å². The lowest BCUT2D eigenvalue weighted by atomic mass is 9.86. The summed E-state index contributed by atoms with van der Waals surface area (Å²) >= 11 is 1.68. The van der Waals surface area contributed by atoms with E-state index in [2.05, 4.69) is 11.2 Å². The van der Waals surface area contributed by atoms with Crippen LogP contribution in [0.2, 0.25) is 0 Å². The first-order chi connectivity index (χ1) is 5.90. The van der Waals surface area contributed by atoms with Crippen molar-refractivity contribution in [3.63, 3.8) is 0 Å². The fourth-order valence-electron chi connectivity index (χ4n) is 2.08. The van der Waals surface area contributed by atoms with Crippen LogP contribution in [0.25, 0.3) is 0 Å². The van der Waals surface area contributed by atoms with E-state index in [9.17, 15) is 0 Å². The largest absolute Gasteiger partial charge is 0.436 e. The molecule has 0 radical (unpaired) electrons. The lowest BCUT2D eigenvalue weighted by Crippen LogP contribution is -2.78. The van der Waals surface area contributed by atoms with Gasteiger partial charge in [-0.15, -0.1) is 0 Å². The van der Waals surface area contributed by atoms with Gasteiger partial charge in [0.25, 0.3) is 0 Å². The topological polar surface area (TPSA) is 23.2 Å². The molecule has 2 aliphatic rings. The van der Waals surface area contributed by atoms with E-state index in [0.29, 0.717) is 6.10 Å². The van der Waals surface area contributed by atoms with Crippen LogP contribution in [0.5, 0.6) is 0 Å². The second-order valence-electron chi connectivity index (χ2n) is 3.57. The minimum atomic E-state index is 0.516. The summed E-state index contributed by atoms with van der Waals surface area (Å²) in [5, 5.41) is 1.03. The van der Waals surface area contributed by atoms with Crippen molar-refractivity contribution >= 4 is 17.0 Å². The average Bonchev–Trinajstić information content (AvgIpc) is 2.17. The molecule has 1 aliphatic carbocycles. The Hall–Kier alpha value is -0.180. The summed E-state index contributed by atoms with van der Waals surface area (Å²) in [4.78, 5) is 3.33. The van der Waals surface area contributed by atoms with Gasteiger partial charge < -0.3 is 4.74 Å². The van der Waals surface area contributed by atoms with Gasteiger partial charge in [0.15, 0.2) is 6.54 Å². The molecule has 1 N–H and O–H groups in total. The maximum Gasteiger partial charge on any atom is 0.398 e. The Bertz CT molecular complexity index is 193. The number of ether oxygens (including phenoxy) is 1. The van der Waals surface area contributed by atoms with E-state index in [-0.39, 0.29) is 0 Å². The van der Waals surface area contributed by atoms with Crippen LogP contribution >= 0.6 is 11.8 Å². The summed E-state index contributed by atoms with van der Waals surface area (Å²) < 4.78 is 5.81. The molecule has 2 rings (SSSR count). The van der Waals surface area contributed by atoms with E-state index in [1.807, 2.05) is 0 Å². The summed E-state index contributed by atoms with van der Waals surface area (Å²) in [6.07, 6.45) is 7.92. The minimum absolute atomic E-state index is 0.516. The summed E-state index contributed by atoms with van der Waals surface area (Å²) in [6, 6.07) is 0. The highest BCUT2D eigenvalue weighted by atomic mass is 32.2. The van der Waals surface area contributed by atoms with E-state index in [1.54, 1.807) is 11.8 Å². The molecule has 3 heteroatoms. The van der Waals surface area contributed by atoms with Crippen molar-refractivity contribution in [3.05, 3.63) is 0 Å². The highest BCUT2D eigenvalue weighted by Gasteiger charge is 2.33. The quantitative estimate of drug-likeness (QED) is 0.591. The van der Waals surface area contributed by atoms with Crippen molar-refractivity contribution in [2.45, 2.75) is 31.8 Å². The van der Waals surface area contributed by atoms with Gasteiger partial charge in [0.2, 0.25) is 0 Å². The van der Waals surface area contributed by atoms with E-state index < -0.39 is 0 Å². The monoisotopic (exact) mass is 186 g/mol. The summed E-state index contributed by atoms with van der Waals surface area (Å²) in [7, 11) is 0. The Kier molecular flexibility index (Phi) is 2.59. The zero-order valence-electron chi connectivity index (χ0n) is 7.51. The fourth-order valence-corrected chi connectivity index (χ4v) is 2.52. The van der Waals surface area contributed by atoms with Crippen molar-refractivity contribution in [1.29, 1.82) is 0 Å². The SMILES string of the molecule is CSC1=[NH+]C[C@@H]2CCCC[C@@H]2O1. The molecule has 1 saturated carbocycles. The molecule has 0 unspecified atom stereocenters. The molecule has 1 aliphatic heterocycles. The highest BCUT2D eigenvalue weighted by Crippen LogP contribution is 2.27. The first-order valence-electron chi connectivity index (χ1n) is 4.71. The Morgan fingerprint density at radius 3 is 3.08 bits per heavy atom. The number of hydrogen-bond donors (Lipinski definition) is 1. The highest BCUT2D eigenvalue weighted by molar-refractivity contribution is 8.12. The summed E-state index contributed by atoms with van der Waals surface area (Å²) in [5.74, 6) is 0.773. The molecule has 0 aromatic carbocycles. The molecular formula is C9H16NOS+. The zero-order chi connectivity index (χ0) is 8.39. The number of nitrogens with one attached hydrogen (secondary N) is 1. The Morgan fingerprint density at radius 1 is 1.42 bits per heavy atom. The second kappa shape index (κ2) is 3.69. The smallest absolute Gasteiger partial charge is 0.398 e. The molecular weight excluding hydrogens is 170 g/mol. The maximum atomic E-state index is 5.81.